The van der Waals surface area contributed by atoms with Gasteiger partial charge in [-0.05, 0) is 26.8 Å². The Bertz CT molecular complexity index is 544. The van der Waals surface area contributed by atoms with E-state index in [-0.39, 0.29) is 5.78 Å². The summed E-state index contributed by atoms with van der Waals surface area (Å²) in [4.78, 5) is 16.4. The maximum atomic E-state index is 12.2. The lowest BCUT2D eigenvalue weighted by atomic mass is 10.2. The van der Waals surface area contributed by atoms with Crippen molar-refractivity contribution in [3.63, 3.8) is 0 Å². The summed E-state index contributed by atoms with van der Waals surface area (Å²) < 4.78 is 3.12. The van der Waals surface area contributed by atoms with Crippen LogP contribution < -0.4 is 0 Å². The second-order valence-corrected chi connectivity index (χ2v) is 6.16. The number of nitrogens with zero attached hydrogens (tertiary/aromatic N) is 2. The minimum atomic E-state index is 0.183. The summed E-state index contributed by atoms with van der Waals surface area (Å²) in [5.41, 5.74) is 3.07. The molecular weight excluding hydrogens is 264 g/mol. The van der Waals surface area contributed by atoms with Crippen LogP contribution in [-0.4, -0.2) is 21.1 Å². The molecule has 0 radical (unpaired) electrons. The van der Waals surface area contributed by atoms with Crippen molar-refractivity contribution in [2.45, 2.75) is 31.7 Å². The van der Waals surface area contributed by atoms with Gasteiger partial charge in [-0.3, -0.25) is 4.79 Å². The highest BCUT2D eigenvalue weighted by Crippen LogP contribution is 2.23. The molecule has 0 aliphatic rings. The van der Waals surface area contributed by atoms with E-state index in [0.29, 0.717) is 5.75 Å². The molecule has 18 heavy (non-hydrogen) atoms. The van der Waals surface area contributed by atoms with Gasteiger partial charge in [0, 0.05) is 35.1 Å². The fourth-order valence-electron chi connectivity index (χ4n) is 2.06. The normalized spacial score (nSPS) is 10.8. The molecule has 5 heteroatoms. The Balaban J connectivity index is 2.09. The molecule has 0 saturated carbocycles. The third kappa shape index (κ3) is 2.67. The Morgan fingerprint density at radius 3 is 2.83 bits per heavy atom. The molecule has 0 aromatic carbocycles. The molecule has 0 spiro atoms. The zero-order valence-corrected chi connectivity index (χ0v) is 12.4. The van der Waals surface area contributed by atoms with Gasteiger partial charge < -0.3 is 4.57 Å². The number of hydrogen-bond acceptors (Lipinski definition) is 4. The van der Waals surface area contributed by atoms with Gasteiger partial charge >= 0.3 is 0 Å². The number of thiazole rings is 1. The maximum Gasteiger partial charge on any atom is 0.174 e. The molecule has 0 aliphatic carbocycles. The highest BCUT2D eigenvalue weighted by molar-refractivity contribution is 8.01. The number of carbonyl (C=O) groups is 1. The summed E-state index contributed by atoms with van der Waals surface area (Å²) in [6.45, 7) is 7.06. The zero-order chi connectivity index (χ0) is 13.1. The first-order valence-electron chi connectivity index (χ1n) is 5.85. The van der Waals surface area contributed by atoms with Crippen LogP contribution >= 0.6 is 23.1 Å². The molecule has 0 atom stereocenters. The largest absolute Gasteiger partial charge is 0.349 e. The first kappa shape index (κ1) is 13.4. The first-order valence-corrected chi connectivity index (χ1v) is 7.72. The van der Waals surface area contributed by atoms with Crippen molar-refractivity contribution in [2.24, 2.45) is 0 Å². The summed E-state index contributed by atoms with van der Waals surface area (Å²) in [5.74, 6) is 0.643. The van der Waals surface area contributed by atoms with Crippen molar-refractivity contribution in [1.82, 2.24) is 9.55 Å². The number of rotatable bonds is 5. The van der Waals surface area contributed by atoms with Gasteiger partial charge in [0.25, 0.3) is 0 Å². The maximum absolute atomic E-state index is 12.2. The number of aryl methyl sites for hydroxylation is 1. The smallest absolute Gasteiger partial charge is 0.174 e. The third-order valence-corrected chi connectivity index (χ3v) is 4.89. The minimum Gasteiger partial charge on any atom is -0.349 e. The van der Waals surface area contributed by atoms with Gasteiger partial charge in [-0.25, -0.2) is 4.98 Å². The van der Waals surface area contributed by atoms with Crippen LogP contribution in [0.4, 0.5) is 0 Å². The van der Waals surface area contributed by atoms with Crippen LogP contribution in [-0.2, 0) is 6.54 Å². The summed E-state index contributed by atoms with van der Waals surface area (Å²) in [5, 5.41) is 1.93. The average molecular weight is 280 g/mol. The molecule has 0 amide bonds. The van der Waals surface area contributed by atoms with Crippen molar-refractivity contribution in [1.29, 1.82) is 0 Å². The lowest BCUT2D eigenvalue weighted by molar-refractivity contribution is 0.102. The van der Waals surface area contributed by atoms with Crippen LogP contribution in [0.1, 0.15) is 28.7 Å². The Labute approximate surface area is 115 Å². The van der Waals surface area contributed by atoms with E-state index in [1.807, 2.05) is 25.3 Å². The lowest BCUT2D eigenvalue weighted by Gasteiger charge is -2.05. The van der Waals surface area contributed by atoms with Crippen LogP contribution in [0.25, 0.3) is 0 Å². The summed E-state index contributed by atoms with van der Waals surface area (Å²) >= 11 is 3.08. The third-order valence-electron chi connectivity index (χ3n) is 2.93. The van der Waals surface area contributed by atoms with Gasteiger partial charge in [0.15, 0.2) is 5.78 Å². The van der Waals surface area contributed by atoms with Crippen molar-refractivity contribution < 1.29 is 4.79 Å². The number of ketones is 1. The van der Waals surface area contributed by atoms with E-state index in [1.165, 1.54) is 11.8 Å². The Hall–Kier alpha value is -1.07. The topological polar surface area (TPSA) is 34.9 Å². The molecule has 2 rings (SSSR count). The van der Waals surface area contributed by atoms with Gasteiger partial charge in [-0.15, -0.1) is 11.3 Å². The highest BCUT2D eigenvalue weighted by Gasteiger charge is 2.15. The van der Waals surface area contributed by atoms with Crippen LogP contribution in [0, 0.1) is 13.8 Å². The molecule has 3 nitrogen and oxygen atoms in total. The zero-order valence-electron chi connectivity index (χ0n) is 10.8. The second-order valence-electron chi connectivity index (χ2n) is 4.04. The van der Waals surface area contributed by atoms with E-state index in [4.69, 9.17) is 0 Å². The van der Waals surface area contributed by atoms with Crippen LogP contribution in [0.2, 0.25) is 0 Å². The molecule has 2 aromatic heterocycles. The summed E-state index contributed by atoms with van der Waals surface area (Å²) in [7, 11) is 0. The number of Topliss-reactive ketones (excluding diaryl/α,β-unsaturated/α-hetero) is 1. The van der Waals surface area contributed by atoms with Gasteiger partial charge in [0.05, 0.1) is 5.75 Å². The number of thioether (sulfide) groups is 1. The van der Waals surface area contributed by atoms with E-state index in [9.17, 15) is 4.79 Å². The quantitative estimate of drug-likeness (QED) is 0.620. The van der Waals surface area contributed by atoms with Gasteiger partial charge in [-0.2, -0.15) is 0 Å². The van der Waals surface area contributed by atoms with Crippen molar-refractivity contribution in [2.75, 3.05) is 5.75 Å². The van der Waals surface area contributed by atoms with Crippen molar-refractivity contribution >= 4 is 28.9 Å². The number of carbonyl (C=O) groups excluding carboxylic acids is 1. The highest BCUT2D eigenvalue weighted by atomic mass is 32.2. The van der Waals surface area contributed by atoms with E-state index in [0.717, 1.165) is 27.8 Å². The Morgan fingerprint density at radius 2 is 2.28 bits per heavy atom. The van der Waals surface area contributed by atoms with Crippen LogP contribution in [0.15, 0.2) is 22.0 Å². The Kier molecular flexibility index (Phi) is 4.24. The number of hydrogen-bond donors (Lipinski definition) is 0. The first-order chi connectivity index (χ1) is 8.63. The van der Waals surface area contributed by atoms with E-state index < -0.39 is 0 Å². The van der Waals surface area contributed by atoms with Crippen molar-refractivity contribution in [3.8, 4) is 0 Å². The standard InChI is InChI=1S/C13H16N2OS2/c1-4-15-9(2)7-11(10(15)3)12(16)8-18-13-14-5-6-17-13/h5-7H,4,8H2,1-3H3. The molecule has 96 valence electrons. The molecule has 0 N–H and O–H groups in total. The van der Waals surface area contributed by atoms with Crippen molar-refractivity contribution in [3.05, 3.63) is 34.6 Å². The summed E-state index contributed by atoms with van der Waals surface area (Å²) in [6, 6.07) is 1.99. The minimum absolute atomic E-state index is 0.183. The molecule has 2 aromatic rings. The molecule has 0 aliphatic heterocycles. The lowest BCUT2D eigenvalue weighted by Crippen LogP contribution is -2.05. The fraction of sp³-hybridized carbons (Fsp3) is 0.385. The fourth-order valence-corrected chi connectivity index (χ4v) is 3.58. The van der Waals surface area contributed by atoms with Gasteiger partial charge in [-0.1, -0.05) is 11.8 Å². The molecule has 0 fully saturated rings. The van der Waals surface area contributed by atoms with Gasteiger partial charge in [0.1, 0.15) is 4.34 Å². The van der Waals surface area contributed by atoms with Gasteiger partial charge in [0.2, 0.25) is 0 Å². The molecular formula is C13H16N2OS2. The van der Waals surface area contributed by atoms with E-state index in [1.54, 1.807) is 17.5 Å². The Morgan fingerprint density at radius 1 is 1.50 bits per heavy atom. The van der Waals surface area contributed by atoms with E-state index >= 15 is 0 Å². The monoisotopic (exact) mass is 280 g/mol. The summed E-state index contributed by atoms with van der Waals surface area (Å²) in [6.07, 6.45) is 1.76. The van der Waals surface area contributed by atoms with E-state index in [2.05, 4.69) is 16.5 Å². The number of aromatic nitrogens is 2. The predicted molar refractivity (Wildman–Crippen MR) is 76.7 cm³/mol. The van der Waals surface area contributed by atoms with Crippen LogP contribution in [0.3, 0.4) is 0 Å². The van der Waals surface area contributed by atoms with Crippen LogP contribution in [0.5, 0.6) is 0 Å². The SMILES string of the molecule is CCn1c(C)cc(C(=O)CSc2nccs2)c1C. The molecule has 0 saturated heterocycles. The molecule has 0 bridgehead atoms. The molecule has 2 heterocycles. The molecule has 0 unspecified atom stereocenters. The average Bonchev–Trinajstić information content (AvgIpc) is 2.95. The predicted octanol–water partition coefficient (Wildman–Crippen LogP) is 3.56. The second kappa shape index (κ2) is 5.71.